The Morgan fingerprint density at radius 2 is 2.00 bits per heavy atom. The van der Waals surface area contributed by atoms with Gasteiger partial charge in [0.05, 0.1) is 0 Å². The minimum Gasteiger partial charge on any atom is -0.208 e. The molecule has 5 heteroatoms. The summed E-state index contributed by atoms with van der Waals surface area (Å²) < 4.78 is 40.9. The van der Waals surface area contributed by atoms with Crippen molar-refractivity contribution in [3.8, 4) is 0 Å². The van der Waals surface area contributed by atoms with Crippen LogP contribution in [0.25, 0.3) is 0 Å². The molecule has 1 aromatic rings. The molecule has 2 bridgehead atoms. The van der Waals surface area contributed by atoms with Gasteiger partial charge in [-0.1, -0.05) is 18.6 Å². The predicted molar refractivity (Wildman–Crippen MR) is 75.1 cm³/mol. The zero-order chi connectivity index (χ0) is 14.3. The Kier molecular flexibility index (Phi) is 3.58. The van der Waals surface area contributed by atoms with E-state index in [-0.39, 0.29) is 10.9 Å². The van der Waals surface area contributed by atoms with Crippen LogP contribution in [0.1, 0.15) is 32.6 Å². The van der Waals surface area contributed by atoms with E-state index in [0.29, 0.717) is 11.8 Å². The van der Waals surface area contributed by atoms with Crippen molar-refractivity contribution in [1.29, 1.82) is 0 Å². The number of nitrogens with one attached hydrogen (secondary N) is 1. The topological polar surface area (TPSA) is 46.2 Å². The molecule has 0 saturated heterocycles. The fourth-order valence-corrected chi connectivity index (χ4v) is 5.34. The second kappa shape index (κ2) is 5.11. The summed E-state index contributed by atoms with van der Waals surface area (Å²) in [7, 11) is -3.77. The van der Waals surface area contributed by atoms with Crippen LogP contribution < -0.4 is 4.72 Å². The van der Waals surface area contributed by atoms with Crippen molar-refractivity contribution in [2.75, 3.05) is 0 Å². The lowest BCUT2D eigenvalue weighted by molar-refractivity contribution is 0.280. The molecule has 2 saturated carbocycles. The van der Waals surface area contributed by atoms with Gasteiger partial charge in [-0.3, -0.25) is 0 Å². The molecule has 2 fully saturated rings. The summed E-state index contributed by atoms with van der Waals surface area (Å²) in [4.78, 5) is -0.255. The van der Waals surface area contributed by atoms with Crippen LogP contribution in [0.15, 0.2) is 29.2 Å². The van der Waals surface area contributed by atoms with Crippen molar-refractivity contribution in [3.63, 3.8) is 0 Å². The van der Waals surface area contributed by atoms with E-state index >= 15 is 0 Å². The first-order valence-corrected chi connectivity index (χ1v) is 8.72. The summed E-state index contributed by atoms with van der Waals surface area (Å²) in [5, 5.41) is 0. The van der Waals surface area contributed by atoms with Crippen LogP contribution in [0.4, 0.5) is 4.39 Å². The first-order valence-electron chi connectivity index (χ1n) is 7.24. The fraction of sp³-hybridized carbons (Fsp3) is 0.600. The molecule has 0 radical (unpaired) electrons. The van der Waals surface area contributed by atoms with Gasteiger partial charge in [0.1, 0.15) is 10.7 Å². The Labute approximate surface area is 119 Å². The van der Waals surface area contributed by atoms with Gasteiger partial charge in [-0.15, -0.1) is 0 Å². The van der Waals surface area contributed by atoms with Crippen LogP contribution >= 0.6 is 0 Å². The number of sulfonamides is 1. The maximum atomic E-state index is 13.6. The molecule has 1 N–H and O–H groups in total. The van der Waals surface area contributed by atoms with Gasteiger partial charge in [0.25, 0.3) is 0 Å². The maximum absolute atomic E-state index is 13.6. The molecule has 2 aliphatic rings. The van der Waals surface area contributed by atoms with Gasteiger partial charge < -0.3 is 0 Å². The van der Waals surface area contributed by atoms with Crippen molar-refractivity contribution in [3.05, 3.63) is 30.1 Å². The van der Waals surface area contributed by atoms with Crippen molar-refractivity contribution >= 4 is 10.0 Å². The van der Waals surface area contributed by atoms with Crippen LogP contribution in [0.2, 0.25) is 0 Å². The molecular weight excluding hydrogens is 277 g/mol. The lowest BCUT2D eigenvalue weighted by Gasteiger charge is -2.28. The van der Waals surface area contributed by atoms with Crippen LogP contribution in [0.3, 0.4) is 0 Å². The van der Waals surface area contributed by atoms with E-state index in [0.717, 1.165) is 12.3 Å². The van der Waals surface area contributed by atoms with Gasteiger partial charge >= 0.3 is 0 Å². The number of fused-ring (bicyclic) bond motifs is 2. The van der Waals surface area contributed by atoms with Gasteiger partial charge in [0, 0.05) is 6.04 Å². The summed E-state index contributed by atoms with van der Waals surface area (Å²) in [6.45, 7) is 1.91. The Morgan fingerprint density at radius 1 is 1.25 bits per heavy atom. The lowest BCUT2D eigenvalue weighted by atomic mass is 9.84. The van der Waals surface area contributed by atoms with Crippen molar-refractivity contribution in [2.24, 2.45) is 17.8 Å². The largest absolute Gasteiger partial charge is 0.243 e. The highest BCUT2D eigenvalue weighted by Crippen LogP contribution is 2.49. The number of halogens is 1. The van der Waals surface area contributed by atoms with Crippen LogP contribution in [-0.4, -0.2) is 14.5 Å². The van der Waals surface area contributed by atoms with Crippen molar-refractivity contribution < 1.29 is 12.8 Å². The van der Waals surface area contributed by atoms with Crippen molar-refractivity contribution in [2.45, 2.75) is 43.5 Å². The molecular formula is C15H20FNO2S. The average molecular weight is 297 g/mol. The lowest BCUT2D eigenvalue weighted by Crippen LogP contribution is -2.40. The number of benzene rings is 1. The quantitative estimate of drug-likeness (QED) is 0.929. The zero-order valence-corrected chi connectivity index (χ0v) is 12.4. The molecule has 0 aromatic heterocycles. The first-order chi connectivity index (χ1) is 9.47. The van der Waals surface area contributed by atoms with Crippen LogP contribution in [-0.2, 0) is 10.0 Å². The van der Waals surface area contributed by atoms with E-state index in [2.05, 4.69) is 4.72 Å². The molecule has 110 valence electrons. The number of hydrogen-bond donors (Lipinski definition) is 1. The summed E-state index contributed by atoms with van der Waals surface area (Å²) >= 11 is 0. The molecule has 0 amide bonds. The standard InChI is InChI=1S/C15H20FNO2S/c1-10(13-9-11-6-7-12(13)8-11)17-20(18,19)15-5-3-2-4-14(15)16/h2-5,10-13,17H,6-9H2,1H3. The highest BCUT2D eigenvalue weighted by Gasteiger charge is 2.42. The molecule has 0 aliphatic heterocycles. The number of hydrogen-bond acceptors (Lipinski definition) is 2. The Balaban J connectivity index is 1.75. The molecule has 20 heavy (non-hydrogen) atoms. The Hall–Kier alpha value is -0.940. The second-order valence-electron chi connectivity index (χ2n) is 6.18. The van der Waals surface area contributed by atoms with Gasteiger partial charge in [-0.05, 0) is 56.1 Å². The van der Waals surface area contributed by atoms with E-state index in [1.54, 1.807) is 6.07 Å². The van der Waals surface area contributed by atoms with Crippen LogP contribution in [0.5, 0.6) is 0 Å². The SMILES string of the molecule is CC(NS(=O)(=O)c1ccccc1F)C1CC2CCC1C2. The van der Waals surface area contributed by atoms with Gasteiger partial charge in [0.2, 0.25) is 10.0 Å². The maximum Gasteiger partial charge on any atom is 0.243 e. The molecule has 0 spiro atoms. The third kappa shape index (κ3) is 2.49. The zero-order valence-electron chi connectivity index (χ0n) is 11.5. The molecule has 3 nitrogen and oxygen atoms in total. The molecule has 4 unspecified atom stereocenters. The minimum atomic E-state index is -3.77. The highest BCUT2D eigenvalue weighted by molar-refractivity contribution is 7.89. The Bertz CT molecular complexity index is 602. The summed E-state index contributed by atoms with van der Waals surface area (Å²) in [6.07, 6.45) is 4.83. The fourth-order valence-electron chi connectivity index (χ4n) is 3.96. The highest BCUT2D eigenvalue weighted by atomic mass is 32.2. The van der Waals surface area contributed by atoms with Gasteiger partial charge in [0.15, 0.2) is 0 Å². The van der Waals surface area contributed by atoms with Crippen LogP contribution in [0, 0.1) is 23.6 Å². The van der Waals surface area contributed by atoms with Crippen molar-refractivity contribution in [1.82, 2.24) is 4.72 Å². The average Bonchev–Trinajstić information content (AvgIpc) is 3.00. The van der Waals surface area contributed by atoms with Gasteiger partial charge in [-0.2, -0.15) is 0 Å². The minimum absolute atomic E-state index is 0.130. The molecule has 3 rings (SSSR count). The van der Waals surface area contributed by atoms with E-state index in [4.69, 9.17) is 0 Å². The van der Waals surface area contributed by atoms with E-state index in [9.17, 15) is 12.8 Å². The van der Waals surface area contributed by atoms with E-state index in [1.807, 2.05) is 6.92 Å². The smallest absolute Gasteiger partial charge is 0.208 e. The summed E-state index contributed by atoms with van der Waals surface area (Å²) in [6, 6.07) is 5.39. The van der Waals surface area contributed by atoms with E-state index in [1.165, 1.54) is 37.5 Å². The van der Waals surface area contributed by atoms with Gasteiger partial charge in [-0.25, -0.2) is 17.5 Å². The molecule has 1 aromatic carbocycles. The second-order valence-corrected chi connectivity index (χ2v) is 7.86. The molecule has 4 atom stereocenters. The number of rotatable bonds is 4. The van der Waals surface area contributed by atoms with E-state index < -0.39 is 15.8 Å². The Morgan fingerprint density at radius 3 is 2.60 bits per heavy atom. The first kappa shape index (κ1) is 14.0. The molecule has 0 heterocycles. The summed E-state index contributed by atoms with van der Waals surface area (Å²) in [5.41, 5.74) is 0. The third-order valence-corrected chi connectivity index (χ3v) is 6.49. The summed E-state index contributed by atoms with van der Waals surface area (Å²) in [5.74, 6) is 1.11. The monoisotopic (exact) mass is 297 g/mol. The normalized spacial score (nSPS) is 30.6. The third-order valence-electron chi connectivity index (χ3n) is 4.90. The predicted octanol–water partition coefficient (Wildman–Crippen LogP) is 2.93. The molecule has 2 aliphatic carbocycles.